The largest absolute Gasteiger partial charge is 0.309 e. The SMILES string of the molecule is C[C@H](C(=O)Nc1cc2cc(-c3cn[nH]c3)ccc2cn1)N1CCCC1. The monoisotopic (exact) mass is 335 g/mol. The number of hydrogen-bond donors (Lipinski definition) is 2. The maximum atomic E-state index is 12.5. The van der Waals surface area contributed by atoms with Crippen molar-refractivity contribution in [3.63, 3.8) is 0 Å². The zero-order valence-electron chi connectivity index (χ0n) is 14.2. The fourth-order valence-electron chi connectivity index (χ4n) is 3.32. The van der Waals surface area contributed by atoms with E-state index in [0.717, 1.165) is 35.0 Å². The average Bonchev–Trinajstić information content (AvgIpc) is 3.34. The van der Waals surface area contributed by atoms with Crippen molar-refractivity contribution in [2.45, 2.75) is 25.8 Å². The predicted molar refractivity (Wildman–Crippen MR) is 98.2 cm³/mol. The zero-order chi connectivity index (χ0) is 17.2. The molecular weight excluding hydrogens is 314 g/mol. The molecule has 128 valence electrons. The second-order valence-electron chi connectivity index (χ2n) is 6.53. The molecule has 0 spiro atoms. The quantitative estimate of drug-likeness (QED) is 0.768. The van der Waals surface area contributed by atoms with E-state index in [4.69, 9.17) is 0 Å². The van der Waals surface area contributed by atoms with Gasteiger partial charge in [-0.2, -0.15) is 5.10 Å². The lowest BCUT2D eigenvalue weighted by atomic mass is 10.1. The molecule has 0 unspecified atom stereocenters. The number of nitrogens with zero attached hydrogens (tertiary/aromatic N) is 3. The summed E-state index contributed by atoms with van der Waals surface area (Å²) in [5.41, 5.74) is 2.11. The van der Waals surface area contributed by atoms with Crippen molar-refractivity contribution in [2.24, 2.45) is 0 Å². The van der Waals surface area contributed by atoms with Crippen LogP contribution in [0.25, 0.3) is 21.9 Å². The first-order chi connectivity index (χ1) is 12.2. The predicted octanol–water partition coefficient (Wildman–Crippen LogP) is 3.05. The van der Waals surface area contributed by atoms with E-state index in [2.05, 4.69) is 31.5 Å². The second-order valence-corrected chi connectivity index (χ2v) is 6.53. The molecule has 1 fully saturated rings. The number of carbonyl (C=O) groups is 1. The first kappa shape index (κ1) is 15.8. The Morgan fingerprint density at radius 2 is 2.00 bits per heavy atom. The van der Waals surface area contributed by atoms with E-state index in [1.807, 2.05) is 31.3 Å². The maximum absolute atomic E-state index is 12.5. The number of aromatic nitrogens is 3. The number of amides is 1. The molecule has 0 aliphatic carbocycles. The number of pyridine rings is 1. The number of benzene rings is 1. The topological polar surface area (TPSA) is 73.9 Å². The molecule has 1 aromatic carbocycles. The van der Waals surface area contributed by atoms with Gasteiger partial charge in [0.15, 0.2) is 0 Å². The van der Waals surface area contributed by atoms with E-state index in [0.29, 0.717) is 5.82 Å². The fraction of sp³-hybridized carbons (Fsp3) is 0.316. The molecule has 1 atom stereocenters. The lowest BCUT2D eigenvalue weighted by Gasteiger charge is -2.22. The van der Waals surface area contributed by atoms with Crippen LogP contribution in [0.1, 0.15) is 19.8 Å². The molecule has 0 radical (unpaired) electrons. The van der Waals surface area contributed by atoms with Gasteiger partial charge < -0.3 is 5.32 Å². The van der Waals surface area contributed by atoms with Gasteiger partial charge in [-0.25, -0.2) is 4.98 Å². The van der Waals surface area contributed by atoms with Crippen LogP contribution in [0.2, 0.25) is 0 Å². The Morgan fingerprint density at radius 3 is 2.76 bits per heavy atom. The van der Waals surface area contributed by atoms with Crippen LogP contribution in [-0.4, -0.2) is 45.1 Å². The Kier molecular flexibility index (Phi) is 4.19. The number of nitrogens with one attached hydrogen (secondary N) is 2. The molecule has 0 saturated carbocycles. The van der Waals surface area contributed by atoms with Gasteiger partial charge in [-0.15, -0.1) is 0 Å². The summed E-state index contributed by atoms with van der Waals surface area (Å²) >= 11 is 0. The summed E-state index contributed by atoms with van der Waals surface area (Å²) in [5, 5.41) is 11.9. The number of aromatic amines is 1. The summed E-state index contributed by atoms with van der Waals surface area (Å²) in [6, 6.07) is 7.96. The van der Waals surface area contributed by atoms with Crippen LogP contribution in [0, 0.1) is 0 Å². The van der Waals surface area contributed by atoms with Crippen molar-refractivity contribution in [3.05, 3.63) is 42.9 Å². The van der Waals surface area contributed by atoms with Crippen LogP contribution in [0.5, 0.6) is 0 Å². The van der Waals surface area contributed by atoms with Gasteiger partial charge in [0, 0.05) is 23.3 Å². The number of rotatable bonds is 4. The maximum Gasteiger partial charge on any atom is 0.242 e. The minimum absolute atomic E-state index is 0.000242. The van der Waals surface area contributed by atoms with Gasteiger partial charge in [0.05, 0.1) is 12.2 Å². The van der Waals surface area contributed by atoms with E-state index in [1.54, 1.807) is 12.4 Å². The van der Waals surface area contributed by atoms with E-state index in [-0.39, 0.29) is 11.9 Å². The summed E-state index contributed by atoms with van der Waals surface area (Å²) < 4.78 is 0. The first-order valence-electron chi connectivity index (χ1n) is 8.64. The van der Waals surface area contributed by atoms with Crippen LogP contribution in [-0.2, 0) is 4.79 Å². The van der Waals surface area contributed by atoms with Gasteiger partial charge in [0.1, 0.15) is 5.82 Å². The third kappa shape index (κ3) is 3.25. The van der Waals surface area contributed by atoms with Crippen LogP contribution in [0.4, 0.5) is 5.82 Å². The van der Waals surface area contributed by atoms with Crippen LogP contribution in [0.3, 0.4) is 0 Å². The van der Waals surface area contributed by atoms with Gasteiger partial charge in [-0.3, -0.25) is 14.8 Å². The Hall–Kier alpha value is -2.73. The first-order valence-corrected chi connectivity index (χ1v) is 8.64. The molecule has 1 amide bonds. The fourth-order valence-corrected chi connectivity index (χ4v) is 3.32. The van der Waals surface area contributed by atoms with Gasteiger partial charge in [0.2, 0.25) is 5.91 Å². The summed E-state index contributed by atoms with van der Waals surface area (Å²) in [6.07, 6.45) is 7.79. The number of likely N-dealkylation sites (tertiary alicyclic amines) is 1. The number of carbonyl (C=O) groups excluding carboxylic acids is 1. The average molecular weight is 335 g/mol. The molecule has 1 saturated heterocycles. The van der Waals surface area contributed by atoms with Gasteiger partial charge in [-0.1, -0.05) is 12.1 Å². The number of anilines is 1. The zero-order valence-corrected chi connectivity index (χ0v) is 14.2. The van der Waals surface area contributed by atoms with Crippen LogP contribution < -0.4 is 5.32 Å². The molecule has 2 aromatic heterocycles. The van der Waals surface area contributed by atoms with Crippen LogP contribution in [0.15, 0.2) is 42.9 Å². The van der Waals surface area contributed by atoms with Gasteiger partial charge in [-0.05, 0) is 55.9 Å². The minimum atomic E-state index is -0.128. The highest BCUT2D eigenvalue weighted by Crippen LogP contribution is 2.25. The summed E-state index contributed by atoms with van der Waals surface area (Å²) in [4.78, 5) is 19.1. The molecule has 2 N–H and O–H groups in total. The minimum Gasteiger partial charge on any atom is -0.309 e. The second kappa shape index (κ2) is 6.64. The molecule has 4 rings (SSSR count). The molecule has 6 nitrogen and oxygen atoms in total. The van der Waals surface area contributed by atoms with E-state index >= 15 is 0 Å². The Balaban J connectivity index is 1.56. The van der Waals surface area contributed by atoms with Crippen molar-refractivity contribution in [2.75, 3.05) is 18.4 Å². The summed E-state index contributed by atoms with van der Waals surface area (Å²) in [7, 11) is 0. The Morgan fingerprint density at radius 1 is 1.16 bits per heavy atom. The standard InChI is InChI=1S/C19H21N5O/c1-13(24-6-2-3-7-24)19(25)23-18-9-16-8-14(17-11-21-22-12-17)4-5-15(16)10-20-18/h4-5,8-13H,2-3,6-7H2,1H3,(H,21,22)(H,20,23,25)/t13-/m1/s1. The lowest BCUT2D eigenvalue weighted by molar-refractivity contribution is -0.120. The molecular formula is C19H21N5O. The highest BCUT2D eigenvalue weighted by molar-refractivity contribution is 5.96. The highest BCUT2D eigenvalue weighted by Gasteiger charge is 2.24. The molecule has 6 heteroatoms. The van der Waals surface area contributed by atoms with Crippen molar-refractivity contribution in [3.8, 4) is 11.1 Å². The lowest BCUT2D eigenvalue weighted by Crippen LogP contribution is -2.40. The van der Waals surface area contributed by atoms with Crippen LogP contribution >= 0.6 is 0 Å². The summed E-state index contributed by atoms with van der Waals surface area (Å²) in [5.74, 6) is 0.590. The Bertz CT molecular complexity index is 884. The molecule has 1 aliphatic rings. The third-order valence-corrected chi connectivity index (χ3v) is 4.87. The molecule has 3 aromatic rings. The highest BCUT2D eigenvalue weighted by atomic mass is 16.2. The van der Waals surface area contributed by atoms with Crippen molar-refractivity contribution < 1.29 is 4.79 Å². The molecule has 1 aliphatic heterocycles. The smallest absolute Gasteiger partial charge is 0.242 e. The summed E-state index contributed by atoms with van der Waals surface area (Å²) in [6.45, 7) is 3.94. The molecule has 3 heterocycles. The van der Waals surface area contributed by atoms with Crippen molar-refractivity contribution in [1.29, 1.82) is 0 Å². The molecule has 25 heavy (non-hydrogen) atoms. The van der Waals surface area contributed by atoms with Crippen molar-refractivity contribution in [1.82, 2.24) is 20.1 Å². The van der Waals surface area contributed by atoms with E-state index < -0.39 is 0 Å². The van der Waals surface area contributed by atoms with E-state index in [9.17, 15) is 4.79 Å². The number of fused-ring (bicyclic) bond motifs is 1. The van der Waals surface area contributed by atoms with Crippen molar-refractivity contribution >= 4 is 22.5 Å². The number of hydrogen-bond acceptors (Lipinski definition) is 4. The van der Waals surface area contributed by atoms with Gasteiger partial charge in [0.25, 0.3) is 0 Å². The molecule has 0 bridgehead atoms. The Labute approximate surface area is 146 Å². The third-order valence-electron chi connectivity index (χ3n) is 4.87. The number of H-pyrrole nitrogens is 1. The van der Waals surface area contributed by atoms with Gasteiger partial charge >= 0.3 is 0 Å². The van der Waals surface area contributed by atoms with E-state index in [1.165, 1.54) is 12.8 Å². The normalized spacial score (nSPS) is 16.2.